The Bertz CT molecular complexity index is 892. The first-order valence-electron chi connectivity index (χ1n) is 7.87. The van der Waals surface area contributed by atoms with Crippen LogP contribution in [0.1, 0.15) is 16.1 Å². The van der Waals surface area contributed by atoms with Gasteiger partial charge in [-0.2, -0.15) is 5.10 Å². The molecule has 0 saturated carbocycles. The lowest BCUT2D eigenvalue weighted by Crippen LogP contribution is -2.29. The molecular weight excluding hydrogens is 359 g/mol. The zero-order valence-electron chi connectivity index (χ0n) is 13.9. The molecule has 3 rings (SSSR count). The van der Waals surface area contributed by atoms with Crippen molar-refractivity contribution in [2.24, 2.45) is 0 Å². The molecule has 0 aliphatic rings. The Labute approximate surface area is 154 Å². The van der Waals surface area contributed by atoms with Gasteiger partial charge in [-0.15, -0.1) is 10.2 Å². The summed E-state index contributed by atoms with van der Waals surface area (Å²) in [5.41, 5.74) is 0.729. The average Bonchev–Trinajstić information content (AvgIpc) is 3.05. The van der Waals surface area contributed by atoms with Crippen LogP contribution in [0.2, 0.25) is 5.02 Å². The lowest BCUT2D eigenvalue weighted by molar-refractivity contribution is 0.0951. The molecule has 0 fully saturated rings. The van der Waals surface area contributed by atoms with E-state index in [9.17, 15) is 9.18 Å². The minimum absolute atomic E-state index is 0.0748. The van der Waals surface area contributed by atoms with Gasteiger partial charge in [-0.3, -0.25) is 4.79 Å². The summed E-state index contributed by atoms with van der Waals surface area (Å²) in [7, 11) is 0. The standard InChI is InChI=1S/C17H16ClFN6O/c1-11-7-10-25(24-11)15-6-5-14(22-23-15)20-8-9-21-17(26)16-12(18)3-2-4-13(16)19/h2-7,10H,8-9H2,1H3,(H,20,22)(H,21,26). The molecule has 0 spiro atoms. The second-order valence-electron chi connectivity index (χ2n) is 5.46. The van der Waals surface area contributed by atoms with Gasteiger partial charge in [0.15, 0.2) is 5.82 Å². The number of halogens is 2. The number of carbonyl (C=O) groups excluding carboxylic acids is 1. The second-order valence-corrected chi connectivity index (χ2v) is 5.86. The molecule has 7 nitrogen and oxygen atoms in total. The molecular formula is C17H16ClFN6O. The maximum absolute atomic E-state index is 13.7. The first-order chi connectivity index (χ1) is 12.5. The molecule has 0 bridgehead atoms. The van der Waals surface area contributed by atoms with Crippen molar-refractivity contribution in [3.8, 4) is 5.82 Å². The lowest BCUT2D eigenvalue weighted by Gasteiger charge is -2.09. The lowest BCUT2D eigenvalue weighted by atomic mass is 10.2. The van der Waals surface area contributed by atoms with E-state index in [-0.39, 0.29) is 17.1 Å². The van der Waals surface area contributed by atoms with Crippen LogP contribution >= 0.6 is 11.6 Å². The van der Waals surface area contributed by atoms with Crippen LogP contribution < -0.4 is 10.6 Å². The molecule has 1 amide bonds. The van der Waals surface area contributed by atoms with Gasteiger partial charge in [0.25, 0.3) is 5.91 Å². The second kappa shape index (κ2) is 7.92. The SMILES string of the molecule is Cc1ccn(-c2ccc(NCCNC(=O)c3c(F)cccc3Cl)nn2)n1. The van der Waals surface area contributed by atoms with Crippen molar-refractivity contribution in [1.82, 2.24) is 25.3 Å². The number of hydrogen-bond donors (Lipinski definition) is 2. The van der Waals surface area contributed by atoms with Crippen LogP contribution in [0.25, 0.3) is 5.82 Å². The quantitative estimate of drug-likeness (QED) is 0.648. The monoisotopic (exact) mass is 374 g/mol. The summed E-state index contributed by atoms with van der Waals surface area (Å²) < 4.78 is 15.3. The molecule has 0 unspecified atom stereocenters. The molecule has 0 radical (unpaired) electrons. The molecule has 2 heterocycles. The van der Waals surface area contributed by atoms with E-state index in [2.05, 4.69) is 25.9 Å². The molecule has 26 heavy (non-hydrogen) atoms. The van der Waals surface area contributed by atoms with E-state index in [4.69, 9.17) is 11.6 Å². The van der Waals surface area contributed by atoms with E-state index in [1.165, 1.54) is 18.2 Å². The Morgan fingerprint density at radius 2 is 2.04 bits per heavy atom. The number of amides is 1. The van der Waals surface area contributed by atoms with Crippen LogP contribution in [0.3, 0.4) is 0 Å². The number of rotatable bonds is 6. The van der Waals surface area contributed by atoms with E-state index < -0.39 is 11.7 Å². The molecule has 0 atom stereocenters. The van der Waals surface area contributed by atoms with Gasteiger partial charge in [-0.05, 0) is 37.3 Å². The highest BCUT2D eigenvalue weighted by atomic mass is 35.5. The Morgan fingerprint density at radius 1 is 1.19 bits per heavy atom. The number of aromatic nitrogens is 4. The molecule has 3 aromatic rings. The Balaban J connectivity index is 1.50. The van der Waals surface area contributed by atoms with Gasteiger partial charge >= 0.3 is 0 Å². The Morgan fingerprint density at radius 3 is 2.69 bits per heavy atom. The van der Waals surface area contributed by atoms with Gasteiger partial charge in [-0.25, -0.2) is 9.07 Å². The molecule has 0 saturated heterocycles. The van der Waals surface area contributed by atoms with Crippen molar-refractivity contribution in [2.75, 3.05) is 18.4 Å². The topological polar surface area (TPSA) is 84.7 Å². The smallest absolute Gasteiger partial charge is 0.255 e. The molecule has 0 aliphatic carbocycles. The van der Waals surface area contributed by atoms with E-state index >= 15 is 0 Å². The summed E-state index contributed by atoms with van der Waals surface area (Å²) in [6.45, 7) is 2.56. The predicted octanol–water partition coefficient (Wildman–Crippen LogP) is 2.61. The number of nitrogens with zero attached hydrogens (tertiary/aromatic N) is 4. The summed E-state index contributed by atoms with van der Waals surface area (Å²) in [6.07, 6.45) is 1.80. The van der Waals surface area contributed by atoms with Crippen LogP contribution in [0.4, 0.5) is 10.2 Å². The highest BCUT2D eigenvalue weighted by molar-refractivity contribution is 6.33. The van der Waals surface area contributed by atoms with Gasteiger partial charge in [0.1, 0.15) is 11.6 Å². The van der Waals surface area contributed by atoms with Crippen LogP contribution in [0, 0.1) is 12.7 Å². The highest BCUT2D eigenvalue weighted by Gasteiger charge is 2.14. The zero-order chi connectivity index (χ0) is 18.5. The normalized spacial score (nSPS) is 10.6. The van der Waals surface area contributed by atoms with Crippen molar-refractivity contribution in [2.45, 2.75) is 6.92 Å². The minimum atomic E-state index is -0.654. The molecule has 134 valence electrons. The van der Waals surface area contributed by atoms with Crippen LogP contribution in [-0.4, -0.2) is 39.0 Å². The average molecular weight is 375 g/mol. The molecule has 2 N–H and O–H groups in total. The zero-order valence-corrected chi connectivity index (χ0v) is 14.7. The van der Waals surface area contributed by atoms with Crippen molar-refractivity contribution in [1.29, 1.82) is 0 Å². The summed E-state index contributed by atoms with van der Waals surface area (Å²) >= 11 is 5.86. The van der Waals surface area contributed by atoms with Crippen molar-refractivity contribution >= 4 is 23.3 Å². The Hall–Kier alpha value is -3.00. The molecule has 9 heteroatoms. The van der Waals surface area contributed by atoms with E-state index in [1.807, 2.05) is 13.0 Å². The number of aryl methyl sites for hydroxylation is 1. The minimum Gasteiger partial charge on any atom is -0.367 e. The summed E-state index contributed by atoms with van der Waals surface area (Å²) in [5, 5.41) is 18.1. The van der Waals surface area contributed by atoms with E-state index in [1.54, 1.807) is 23.0 Å². The maximum atomic E-state index is 13.7. The number of hydrogen-bond acceptors (Lipinski definition) is 5. The van der Waals surface area contributed by atoms with Crippen molar-refractivity contribution in [3.63, 3.8) is 0 Å². The third-order valence-corrected chi connectivity index (χ3v) is 3.83. The third kappa shape index (κ3) is 4.15. The highest BCUT2D eigenvalue weighted by Crippen LogP contribution is 2.18. The van der Waals surface area contributed by atoms with E-state index in [0.29, 0.717) is 18.2 Å². The fraction of sp³-hybridized carbons (Fsp3) is 0.176. The van der Waals surface area contributed by atoms with E-state index in [0.717, 1.165) is 5.69 Å². The number of carbonyl (C=O) groups is 1. The van der Waals surface area contributed by atoms with Gasteiger partial charge in [0.05, 0.1) is 16.3 Å². The first kappa shape index (κ1) is 17.8. The van der Waals surface area contributed by atoms with Gasteiger partial charge in [0, 0.05) is 19.3 Å². The fourth-order valence-electron chi connectivity index (χ4n) is 2.25. The maximum Gasteiger partial charge on any atom is 0.255 e. The number of anilines is 1. The van der Waals surface area contributed by atoms with Gasteiger partial charge in [0.2, 0.25) is 0 Å². The summed E-state index contributed by atoms with van der Waals surface area (Å²) in [6, 6.07) is 9.52. The molecule has 2 aromatic heterocycles. The first-order valence-corrected chi connectivity index (χ1v) is 8.25. The van der Waals surface area contributed by atoms with Gasteiger partial charge < -0.3 is 10.6 Å². The Kier molecular flexibility index (Phi) is 5.43. The molecule has 0 aliphatic heterocycles. The largest absolute Gasteiger partial charge is 0.367 e. The predicted molar refractivity (Wildman–Crippen MR) is 96.1 cm³/mol. The fourth-order valence-corrected chi connectivity index (χ4v) is 2.50. The number of benzene rings is 1. The van der Waals surface area contributed by atoms with Crippen molar-refractivity contribution in [3.05, 3.63) is 64.7 Å². The van der Waals surface area contributed by atoms with Crippen LogP contribution in [-0.2, 0) is 0 Å². The van der Waals surface area contributed by atoms with Crippen LogP contribution in [0.15, 0.2) is 42.6 Å². The molecule has 1 aromatic carbocycles. The summed E-state index contributed by atoms with van der Waals surface area (Å²) in [4.78, 5) is 12.0. The van der Waals surface area contributed by atoms with Crippen LogP contribution in [0.5, 0.6) is 0 Å². The van der Waals surface area contributed by atoms with Crippen molar-refractivity contribution < 1.29 is 9.18 Å². The summed E-state index contributed by atoms with van der Waals surface area (Å²) in [5.74, 6) is -0.0643. The third-order valence-electron chi connectivity index (χ3n) is 3.51. The number of nitrogens with one attached hydrogen (secondary N) is 2. The van der Waals surface area contributed by atoms with Gasteiger partial charge in [-0.1, -0.05) is 17.7 Å².